The largest absolute Gasteiger partial charge is 0.281 e. The second-order valence-corrected chi connectivity index (χ2v) is 7.39. The van der Waals surface area contributed by atoms with Gasteiger partial charge in [0.25, 0.3) is 0 Å². The first-order valence-corrected chi connectivity index (χ1v) is 8.25. The highest BCUT2D eigenvalue weighted by Gasteiger charge is 2.22. The van der Waals surface area contributed by atoms with E-state index in [0.717, 1.165) is 29.1 Å². The number of rotatable bonds is 2. The molecule has 0 fully saturated rings. The summed E-state index contributed by atoms with van der Waals surface area (Å²) in [6, 6.07) is 17.2. The van der Waals surface area contributed by atoms with Gasteiger partial charge in [0.15, 0.2) is 0 Å². The molecule has 1 aliphatic heterocycles. The van der Waals surface area contributed by atoms with Gasteiger partial charge in [0.1, 0.15) is 0 Å². The van der Waals surface area contributed by atoms with Gasteiger partial charge < -0.3 is 0 Å². The zero-order valence-corrected chi connectivity index (χ0v) is 14.2. The fourth-order valence-electron chi connectivity index (χ4n) is 2.94. The minimum atomic E-state index is 0.195. The summed E-state index contributed by atoms with van der Waals surface area (Å²) in [5.74, 6) is 0. The minimum Gasteiger partial charge on any atom is -0.281 e. The van der Waals surface area contributed by atoms with Crippen molar-refractivity contribution in [2.45, 2.75) is 45.1 Å². The van der Waals surface area contributed by atoms with E-state index in [9.17, 15) is 0 Å². The molecule has 3 rings (SSSR count). The van der Waals surface area contributed by atoms with E-state index in [1.807, 2.05) is 18.2 Å². The SMILES string of the molecule is CC(C)(C)c1ccc(C2CCC(c3ccccc3Cl)=N2)cc1. The van der Waals surface area contributed by atoms with Crippen molar-refractivity contribution in [3.05, 3.63) is 70.2 Å². The standard InChI is InChI=1S/C20H22ClN/c1-20(2,3)15-10-8-14(9-11-15)18-12-13-19(22-18)16-6-4-5-7-17(16)21/h4-11,18H,12-13H2,1-3H3. The van der Waals surface area contributed by atoms with Crippen molar-refractivity contribution in [2.75, 3.05) is 0 Å². The smallest absolute Gasteiger partial charge is 0.0756 e. The maximum atomic E-state index is 6.29. The van der Waals surface area contributed by atoms with Gasteiger partial charge in [-0.05, 0) is 35.4 Å². The third kappa shape index (κ3) is 3.10. The van der Waals surface area contributed by atoms with Gasteiger partial charge >= 0.3 is 0 Å². The lowest BCUT2D eigenvalue weighted by molar-refractivity contribution is 0.589. The lowest BCUT2D eigenvalue weighted by atomic mass is 9.86. The van der Waals surface area contributed by atoms with E-state index in [0.29, 0.717) is 0 Å². The molecule has 1 aliphatic rings. The minimum absolute atomic E-state index is 0.195. The molecule has 2 heteroatoms. The zero-order valence-electron chi connectivity index (χ0n) is 13.4. The summed E-state index contributed by atoms with van der Waals surface area (Å²) in [6.45, 7) is 6.72. The van der Waals surface area contributed by atoms with Crippen molar-refractivity contribution in [2.24, 2.45) is 4.99 Å². The Hall–Kier alpha value is -1.60. The van der Waals surface area contributed by atoms with Gasteiger partial charge in [-0.15, -0.1) is 0 Å². The molecule has 0 radical (unpaired) electrons. The molecule has 0 amide bonds. The molecular formula is C20H22ClN. The van der Waals surface area contributed by atoms with Gasteiger partial charge in [0, 0.05) is 16.3 Å². The topological polar surface area (TPSA) is 12.4 Å². The molecule has 0 N–H and O–H groups in total. The van der Waals surface area contributed by atoms with Crippen LogP contribution in [0.25, 0.3) is 0 Å². The second kappa shape index (κ2) is 5.89. The number of halogens is 1. The molecule has 2 aromatic rings. The van der Waals surface area contributed by atoms with Crippen LogP contribution in [0.15, 0.2) is 53.5 Å². The van der Waals surface area contributed by atoms with Gasteiger partial charge in [-0.2, -0.15) is 0 Å². The number of hydrogen-bond donors (Lipinski definition) is 0. The van der Waals surface area contributed by atoms with Gasteiger partial charge in [-0.25, -0.2) is 0 Å². The van der Waals surface area contributed by atoms with E-state index in [2.05, 4.69) is 51.1 Å². The van der Waals surface area contributed by atoms with Crippen LogP contribution in [0.3, 0.4) is 0 Å². The Balaban J connectivity index is 1.84. The third-order valence-corrected chi connectivity index (χ3v) is 4.64. The summed E-state index contributed by atoms with van der Waals surface area (Å²) >= 11 is 6.29. The van der Waals surface area contributed by atoms with Crippen molar-refractivity contribution in [1.29, 1.82) is 0 Å². The summed E-state index contributed by atoms with van der Waals surface area (Å²) in [5, 5.41) is 0.796. The summed E-state index contributed by atoms with van der Waals surface area (Å²) in [5.41, 5.74) is 5.08. The number of nitrogens with zero attached hydrogens (tertiary/aromatic N) is 1. The van der Waals surface area contributed by atoms with Crippen molar-refractivity contribution >= 4 is 17.3 Å². The summed E-state index contributed by atoms with van der Waals surface area (Å²) in [6.07, 6.45) is 2.06. The van der Waals surface area contributed by atoms with E-state index >= 15 is 0 Å². The number of aliphatic imine (C=N–C) groups is 1. The van der Waals surface area contributed by atoms with Crippen LogP contribution < -0.4 is 0 Å². The van der Waals surface area contributed by atoms with Crippen molar-refractivity contribution in [3.63, 3.8) is 0 Å². The molecule has 1 atom stereocenters. The Labute approximate surface area is 138 Å². The van der Waals surface area contributed by atoms with Crippen LogP contribution in [0, 0.1) is 0 Å². The Morgan fingerprint density at radius 2 is 1.68 bits per heavy atom. The van der Waals surface area contributed by atoms with Crippen LogP contribution in [0.5, 0.6) is 0 Å². The van der Waals surface area contributed by atoms with Crippen LogP contribution in [0.4, 0.5) is 0 Å². The van der Waals surface area contributed by atoms with Crippen LogP contribution >= 0.6 is 11.6 Å². The Morgan fingerprint density at radius 3 is 2.32 bits per heavy atom. The van der Waals surface area contributed by atoms with Gasteiger partial charge in [0.2, 0.25) is 0 Å². The first-order valence-electron chi connectivity index (χ1n) is 7.87. The average Bonchev–Trinajstić information content (AvgIpc) is 2.96. The lowest BCUT2D eigenvalue weighted by Gasteiger charge is -2.19. The van der Waals surface area contributed by atoms with Crippen molar-refractivity contribution in [1.82, 2.24) is 0 Å². The molecular weight excluding hydrogens is 290 g/mol. The van der Waals surface area contributed by atoms with Gasteiger partial charge in [-0.1, -0.05) is 74.8 Å². The highest BCUT2D eigenvalue weighted by atomic mass is 35.5. The molecule has 1 unspecified atom stereocenters. The van der Waals surface area contributed by atoms with Crippen LogP contribution in [0.1, 0.15) is 56.3 Å². The zero-order chi connectivity index (χ0) is 15.7. The first kappa shape index (κ1) is 15.3. The van der Waals surface area contributed by atoms with Gasteiger partial charge in [0.05, 0.1) is 6.04 Å². The van der Waals surface area contributed by atoms with Crippen molar-refractivity contribution in [3.8, 4) is 0 Å². The first-order chi connectivity index (χ1) is 10.4. The fourth-order valence-corrected chi connectivity index (χ4v) is 3.18. The Bertz CT molecular complexity index is 692. The molecule has 1 heterocycles. The molecule has 2 aromatic carbocycles. The van der Waals surface area contributed by atoms with E-state index in [4.69, 9.17) is 16.6 Å². The Morgan fingerprint density at radius 1 is 1.00 bits per heavy atom. The average molecular weight is 312 g/mol. The summed E-state index contributed by atoms with van der Waals surface area (Å²) < 4.78 is 0. The van der Waals surface area contributed by atoms with Crippen LogP contribution in [-0.2, 0) is 5.41 Å². The molecule has 0 spiro atoms. The quantitative estimate of drug-likeness (QED) is 0.648. The van der Waals surface area contributed by atoms with E-state index in [-0.39, 0.29) is 11.5 Å². The van der Waals surface area contributed by atoms with Crippen LogP contribution in [0.2, 0.25) is 5.02 Å². The summed E-state index contributed by atoms with van der Waals surface area (Å²) in [4.78, 5) is 4.91. The van der Waals surface area contributed by atoms with E-state index in [1.165, 1.54) is 11.1 Å². The predicted octanol–water partition coefficient (Wildman–Crippen LogP) is 5.96. The fraction of sp³-hybridized carbons (Fsp3) is 0.350. The Kier molecular flexibility index (Phi) is 4.10. The molecule has 0 saturated heterocycles. The highest BCUT2D eigenvalue weighted by molar-refractivity contribution is 6.34. The molecule has 1 nitrogen and oxygen atoms in total. The molecule has 0 saturated carbocycles. The van der Waals surface area contributed by atoms with E-state index < -0.39 is 0 Å². The number of benzene rings is 2. The number of hydrogen-bond acceptors (Lipinski definition) is 1. The molecule has 22 heavy (non-hydrogen) atoms. The monoisotopic (exact) mass is 311 g/mol. The summed E-state index contributed by atoms with van der Waals surface area (Å²) in [7, 11) is 0. The lowest BCUT2D eigenvalue weighted by Crippen LogP contribution is -2.10. The van der Waals surface area contributed by atoms with Gasteiger partial charge in [-0.3, -0.25) is 4.99 Å². The molecule has 114 valence electrons. The van der Waals surface area contributed by atoms with Crippen LogP contribution in [-0.4, -0.2) is 5.71 Å². The van der Waals surface area contributed by atoms with Crippen molar-refractivity contribution < 1.29 is 0 Å². The third-order valence-electron chi connectivity index (χ3n) is 4.31. The normalized spacial score (nSPS) is 18.4. The maximum Gasteiger partial charge on any atom is 0.0756 e. The molecule has 0 aromatic heterocycles. The van der Waals surface area contributed by atoms with E-state index in [1.54, 1.807) is 0 Å². The highest BCUT2D eigenvalue weighted by Crippen LogP contribution is 2.33. The second-order valence-electron chi connectivity index (χ2n) is 6.98. The maximum absolute atomic E-state index is 6.29. The molecule has 0 bridgehead atoms. The predicted molar refractivity (Wildman–Crippen MR) is 95.1 cm³/mol. The molecule has 0 aliphatic carbocycles.